The summed E-state index contributed by atoms with van der Waals surface area (Å²) in [5.74, 6) is 1.08. The van der Waals surface area contributed by atoms with Gasteiger partial charge in [-0.1, -0.05) is 42.1 Å². The van der Waals surface area contributed by atoms with Crippen molar-refractivity contribution < 1.29 is 9.53 Å². The molecule has 0 atom stereocenters. The molecule has 1 saturated carbocycles. The standard InChI is InChI=1S/C23H25N3O2S/c1-16-17(2)26(20-10-11-20)23(24-16)29-15-22(27)25-19-8-12-21(13-9-19)28-14-18-6-4-3-5-7-18/h3-9,12-13,20H,10-11,14-15H2,1-2H3,(H,25,27). The van der Waals surface area contributed by atoms with Gasteiger partial charge in [0.1, 0.15) is 12.4 Å². The quantitative estimate of drug-likeness (QED) is 0.525. The molecule has 1 aliphatic rings. The molecule has 1 aromatic heterocycles. The third kappa shape index (κ3) is 5.01. The van der Waals surface area contributed by atoms with E-state index in [-0.39, 0.29) is 5.91 Å². The van der Waals surface area contributed by atoms with Crippen molar-refractivity contribution in [3.63, 3.8) is 0 Å². The summed E-state index contributed by atoms with van der Waals surface area (Å²) in [6, 6.07) is 18.1. The van der Waals surface area contributed by atoms with Gasteiger partial charge in [0.15, 0.2) is 5.16 Å². The van der Waals surface area contributed by atoms with Gasteiger partial charge in [0.05, 0.1) is 11.4 Å². The maximum atomic E-state index is 12.4. The number of nitrogens with one attached hydrogen (secondary N) is 1. The Bertz CT molecular complexity index is 979. The number of ether oxygens (including phenoxy) is 1. The highest BCUT2D eigenvalue weighted by molar-refractivity contribution is 7.99. The van der Waals surface area contributed by atoms with Crippen molar-refractivity contribution in [3.8, 4) is 5.75 Å². The Morgan fingerprint density at radius 1 is 1.14 bits per heavy atom. The number of carbonyl (C=O) groups is 1. The van der Waals surface area contributed by atoms with Crippen LogP contribution in [0.4, 0.5) is 5.69 Å². The van der Waals surface area contributed by atoms with Gasteiger partial charge < -0.3 is 14.6 Å². The van der Waals surface area contributed by atoms with Gasteiger partial charge in [-0.2, -0.15) is 0 Å². The minimum absolute atomic E-state index is 0.0337. The second kappa shape index (κ2) is 8.74. The zero-order chi connectivity index (χ0) is 20.2. The largest absolute Gasteiger partial charge is 0.489 e. The minimum atomic E-state index is -0.0337. The third-order valence-corrected chi connectivity index (χ3v) is 5.94. The normalized spacial score (nSPS) is 13.3. The van der Waals surface area contributed by atoms with Crippen molar-refractivity contribution in [3.05, 3.63) is 71.5 Å². The number of amides is 1. The molecule has 6 heteroatoms. The Balaban J connectivity index is 1.28. The van der Waals surface area contributed by atoms with Crippen LogP contribution in [-0.2, 0) is 11.4 Å². The van der Waals surface area contributed by atoms with Crippen LogP contribution >= 0.6 is 11.8 Å². The van der Waals surface area contributed by atoms with Crippen molar-refractivity contribution >= 4 is 23.4 Å². The number of benzene rings is 2. The lowest BCUT2D eigenvalue weighted by molar-refractivity contribution is -0.113. The molecule has 0 aliphatic heterocycles. The third-order valence-electron chi connectivity index (χ3n) is 4.99. The highest BCUT2D eigenvalue weighted by Crippen LogP contribution is 2.39. The van der Waals surface area contributed by atoms with Gasteiger partial charge in [-0.25, -0.2) is 4.98 Å². The van der Waals surface area contributed by atoms with Crippen LogP contribution in [0, 0.1) is 13.8 Å². The van der Waals surface area contributed by atoms with Crippen molar-refractivity contribution in [2.75, 3.05) is 11.1 Å². The summed E-state index contributed by atoms with van der Waals surface area (Å²) < 4.78 is 8.07. The van der Waals surface area contributed by atoms with E-state index in [1.807, 2.05) is 61.5 Å². The van der Waals surface area contributed by atoms with E-state index in [1.165, 1.54) is 30.3 Å². The molecule has 1 N–H and O–H groups in total. The van der Waals surface area contributed by atoms with Crippen molar-refractivity contribution in [1.29, 1.82) is 0 Å². The summed E-state index contributed by atoms with van der Waals surface area (Å²) >= 11 is 1.50. The highest BCUT2D eigenvalue weighted by Gasteiger charge is 2.28. The van der Waals surface area contributed by atoms with E-state index >= 15 is 0 Å². The number of aryl methyl sites for hydroxylation is 1. The van der Waals surface area contributed by atoms with Crippen molar-refractivity contribution in [1.82, 2.24) is 9.55 Å². The second-order valence-corrected chi connectivity index (χ2v) is 8.24. The lowest BCUT2D eigenvalue weighted by atomic mass is 10.2. The monoisotopic (exact) mass is 407 g/mol. The van der Waals surface area contributed by atoms with Gasteiger partial charge in [0.2, 0.25) is 5.91 Å². The summed E-state index contributed by atoms with van der Waals surface area (Å²) in [5.41, 5.74) is 4.14. The molecule has 150 valence electrons. The fourth-order valence-corrected chi connectivity index (χ4v) is 4.12. The molecule has 0 saturated heterocycles. The number of nitrogens with zero attached hydrogens (tertiary/aromatic N) is 2. The summed E-state index contributed by atoms with van der Waals surface area (Å²) in [6.45, 7) is 4.65. The Hall–Kier alpha value is -2.73. The number of hydrogen-bond acceptors (Lipinski definition) is 4. The predicted octanol–water partition coefficient (Wildman–Crippen LogP) is 5.14. The molecule has 0 spiro atoms. The molecule has 0 unspecified atom stereocenters. The number of rotatable bonds is 8. The van der Waals surface area contributed by atoms with Crippen LogP contribution in [-0.4, -0.2) is 21.2 Å². The predicted molar refractivity (Wildman–Crippen MR) is 117 cm³/mol. The van der Waals surface area contributed by atoms with Crippen molar-refractivity contribution in [2.45, 2.75) is 44.5 Å². The van der Waals surface area contributed by atoms with Crippen LogP contribution in [0.5, 0.6) is 5.75 Å². The number of aromatic nitrogens is 2. The van der Waals surface area contributed by atoms with E-state index in [9.17, 15) is 4.79 Å². The molecule has 0 radical (unpaired) electrons. The van der Waals surface area contributed by atoms with E-state index < -0.39 is 0 Å². The second-order valence-electron chi connectivity index (χ2n) is 7.30. The van der Waals surface area contributed by atoms with Crippen LogP contribution in [0.3, 0.4) is 0 Å². The fraction of sp³-hybridized carbons (Fsp3) is 0.304. The van der Waals surface area contributed by atoms with E-state index in [4.69, 9.17) is 4.74 Å². The van der Waals surface area contributed by atoms with Gasteiger partial charge >= 0.3 is 0 Å². The molecule has 4 rings (SSSR count). The molecule has 29 heavy (non-hydrogen) atoms. The number of hydrogen-bond donors (Lipinski definition) is 1. The SMILES string of the molecule is Cc1nc(SCC(=O)Nc2ccc(OCc3ccccc3)cc2)n(C2CC2)c1C. The Morgan fingerprint density at radius 2 is 1.86 bits per heavy atom. The first-order valence-corrected chi connectivity index (χ1v) is 10.8. The van der Waals surface area contributed by atoms with Gasteiger partial charge in [0.25, 0.3) is 0 Å². The maximum Gasteiger partial charge on any atom is 0.234 e. The molecular weight excluding hydrogens is 382 g/mol. The summed E-state index contributed by atoms with van der Waals surface area (Å²) in [5, 5.41) is 3.89. The van der Waals surface area contributed by atoms with Gasteiger partial charge in [-0.3, -0.25) is 4.79 Å². The minimum Gasteiger partial charge on any atom is -0.489 e. The molecule has 1 fully saturated rings. The molecule has 1 amide bonds. The number of imidazole rings is 1. The molecule has 0 bridgehead atoms. The molecular formula is C23H25N3O2S. The van der Waals surface area contributed by atoms with Gasteiger partial charge in [-0.15, -0.1) is 0 Å². The van der Waals surface area contributed by atoms with Gasteiger partial charge in [0, 0.05) is 17.4 Å². The smallest absolute Gasteiger partial charge is 0.234 e. The van der Waals surface area contributed by atoms with Crippen LogP contribution in [0.15, 0.2) is 59.8 Å². The average Bonchev–Trinajstić information content (AvgIpc) is 3.53. The maximum absolute atomic E-state index is 12.4. The Labute approximate surface area is 175 Å². The number of thioether (sulfide) groups is 1. The lowest BCUT2D eigenvalue weighted by Gasteiger charge is -2.09. The van der Waals surface area contributed by atoms with Crippen LogP contribution in [0.1, 0.15) is 35.8 Å². The summed E-state index contributed by atoms with van der Waals surface area (Å²) in [6.07, 6.45) is 2.41. The first-order chi connectivity index (χ1) is 14.1. The van der Waals surface area contributed by atoms with E-state index in [1.54, 1.807) is 0 Å². The zero-order valence-corrected chi connectivity index (χ0v) is 17.5. The summed E-state index contributed by atoms with van der Waals surface area (Å²) in [4.78, 5) is 17.0. The number of carbonyl (C=O) groups excluding carboxylic acids is 1. The van der Waals surface area contributed by atoms with E-state index in [0.717, 1.165) is 27.9 Å². The first kappa shape index (κ1) is 19.6. The molecule has 3 aromatic rings. The fourth-order valence-electron chi connectivity index (χ4n) is 3.16. The first-order valence-electron chi connectivity index (χ1n) is 9.85. The van der Waals surface area contributed by atoms with E-state index in [2.05, 4.69) is 21.8 Å². The van der Waals surface area contributed by atoms with Gasteiger partial charge in [-0.05, 0) is 56.5 Å². The Kier molecular flexibility index (Phi) is 5.90. The highest BCUT2D eigenvalue weighted by atomic mass is 32.2. The Morgan fingerprint density at radius 3 is 2.55 bits per heavy atom. The van der Waals surface area contributed by atoms with Crippen molar-refractivity contribution in [2.24, 2.45) is 0 Å². The molecule has 5 nitrogen and oxygen atoms in total. The number of anilines is 1. The molecule has 1 aliphatic carbocycles. The van der Waals surface area contributed by atoms with Crippen LogP contribution in [0.25, 0.3) is 0 Å². The zero-order valence-electron chi connectivity index (χ0n) is 16.7. The molecule has 1 heterocycles. The average molecular weight is 408 g/mol. The van der Waals surface area contributed by atoms with E-state index in [0.29, 0.717) is 18.4 Å². The van der Waals surface area contributed by atoms with Crippen LogP contribution in [0.2, 0.25) is 0 Å². The lowest BCUT2D eigenvalue weighted by Crippen LogP contribution is -2.14. The molecule has 2 aromatic carbocycles. The van der Waals surface area contributed by atoms with Crippen LogP contribution < -0.4 is 10.1 Å². The topological polar surface area (TPSA) is 56.1 Å². The summed E-state index contributed by atoms with van der Waals surface area (Å²) in [7, 11) is 0.